The summed E-state index contributed by atoms with van der Waals surface area (Å²) in [5.74, 6) is 1.85. The maximum absolute atomic E-state index is 6.70. The highest BCUT2D eigenvalue weighted by molar-refractivity contribution is 6.19. The van der Waals surface area contributed by atoms with Crippen molar-refractivity contribution in [2.45, 2.75) is 0 Å². The zero-order valence-corrected chi connectivity index (χ0v) is 30.5. The fourth-order valence-electron chi connectivity index (χ4n) is 8.63. The van der Waals surface area contributed by atoms with Crippen LogP contribution in [-0.2, 0) is 0 Å². The Morgan fingerprint density at radius 2 is 0.860 bits per heavy atom. The van der Waals surface area contributed by atoms with Gasteiger partial charge in [0.2, 0.25) is 0 Å². The average Bonchev–Trinajstić information content (AvgIpc) is 3.93. The zero-order valence-electron chi connectivity index (χ0n) is 30.5. The monoisotopic (exact) mass is 729 g/mol. The second-order valence-electron chi connectivity index (χ2n) is 14.4. The molecule has 0 radical (unpaired) electrons. The van der Waals surface area contributed by atoms with Crippen molar-refractivity contribution in [3.05, 3.63) is 188 Å². The summed E-state index contributed by atoms with van der Waals surface area (Å²) >= 11 is 0. The van der Waals surface area contributed by atoms with Crippen LogP contribution in [0.1, 0.15) is 0 Å². The van der Waals surface area contributed by atoms with Crippen LogP contribution < -0.4 is 0 Å². The van der Waals surface area contributed by atoms with Crippen molar-refractivity contribution in [2.24, 2.45) is 0 Å². The fraction of sp³-hybridized carbons (Fsp3) is 0. The molecular formula is C51H31N5O. The lowest BCUT2D eigenvalue weighted by molar-refractivity contribution is 0.668. The largest absolute Gasteiger partial charge is 0.456 e. The molecule has 6 heteroatoms. The minimum Gasteiger partial charge on any atom is -0.456 e. The van der Waals surface area contributed by atoms with E-state index in [1.807, 2.05) is 72.8 Å². The Morgan fingerprint density at radius 3 is 1.47 bits per heavy atom. The van der Waals surface area contributed by atoms with Crippen LogP contribution >= 0.6 is 0 Å². The first-order chi connectivity index (χ1) is 28.3. The molecule has 0 aliphatic rings. The van der Waals surface area contributed by atoms with E-state index in [1.54, 1.807) is 0 Å². The molecule has 4 aromatic heterocycles. The molecule has 0 aliphatic heterocycles. The molecule has 0 amide bonds. The van der Waals surface area contributed by atoms with E-state index in [1.165, 1.54) is 32.6 Å². The quantitative estimate of drug-likeness (QED) is 0.177. The normalized spacial score (nSPS) is 11.9. The molecule has 12 aromatic rings. The van der Waals surface area contributed by atoms with Gasteiger partial charge in [-0.3, -0.25) is 0 Å². The number of rotatable bonds is 5. The highest BCUT2D eigenvalue weighted by Gasteiger charge is 2.21. The molecule has 57 heavy (non-hydrogen) atoms. The van der Waals surface area contributed by atoms with Gasteiger partial charge >= 0.3 is 0 Å². The van der Waals surface area contributed by atoms with Crippen LogP contribution in [0.3, 0.4) is 0 Å². The van der Waals surface area contributed by atoms with Gasteiger partial charge in [-0.05, 0) is 54.6 Å². The minimum atomic E-state index is 0.598. The smallest absolute Gasteiger partial charge is 0.164 e. The van der Waals surface area contributed by atoms with E-state index in [4.69, 9.17) is 19.4 Å². The second-order valence-corrected chi connectivity index (χ2v) is 14.4. The van der Waals surface area contributed by atoms with Gasteiger partial charge in [0, 0.05) is 66.4 Å². The van der Waals surface area contributed by atoms with Crippen molar-refractivity contribution in [1.29, 1.82) is 0 Å². The maximum atomic E-state index is 6.70. The molecule has 0 fully saturated rings. The summed E-state index contributed by atoms with van der Waals surface area (Å²) in [5, 5.41) is 6.80. The number of furan rings is 1. The van der Waals surface area contributed by atoms with Gasteiger partial charge in [0.15, 0.2) is 17.5 Å². The van der Waals surface area contributed by atoms with Crippen LogP contribution in [-0.4, -0.2) is 24.1 Å². The first-order valence-electron chi connectivity index (χ1n) is 19.1. The second kappa shape index (κ2) is 12.3. The summed E-state index contributed by atoms with van der Waals surface area (Å²) in [6.07, 6.45) is 0. The standard InChI is InChI=1S/C51H31N5O/c1-4-15-32(16-5-1)49-52-50(33-17-6-2-7-18-33)54-51(53-49)39-23-14-26-46-48(39)38-28-27-35(29-47(38)57-46)56-43-25-13-11-22-37(43)41-30-44-40(31-45(41)56)36-21-10-12-24-42(36)55(44)34-19-8-3-9-20-34/h1-31H. The van der Waals surface area contributed by atoms with Gasteiger partial charge in [-0.15, -0.1) is 0 Å². The van der Waals surface area contributed by atoms with Gasteiger partial charge in [-0.2, -0.15) is 0 Å². The Balaban J connectivity index is 1.07. The third-order valence-electron chi connectivity index (χ3n) is 11.2. The molecular weight excluding hydrogens is 699 g/mol. The molecule has 0 aliphatic carbocycles. The Hall–Kier alpha value is -7.83. The number of aromatic nitrogens is 5. The number of benzene rings is 8. The molecule has 0 saturated carbocycles. The Kier molecular flexibility index (Phi) is 6.83. The van der Waals surface area contributed by atoms with Crippen LogP contribution in [0.25, 0.3) is 111 Å². The molecule has 266 valence electrons. The predicted octanol–water partition coefficient (Wildman–Crippen LogP) is 13.0. The first kappa shape index (κ1) is 31.5. The minimum absolute atomic E-state index is 0.598. The lowest BCUT2D eigenvalue weighted by atomic mass is 10.0. The van der Waals surface area contributed by atoms with E-state index in [0.29, 0.717) is 17.5 Å². The Bertz CT molecular complexity index is 3450. The lowest BCUT2D eigenvalue weighted by Gasteiger charge is -2.10. The molecule has 0 spiro atoms. The summed E-state index contributed by atoms with van der Waals surface area (Å²) in [5.41, 5.74) is 11.1. The number of hydrogen-bond donors (Lipinski definition) is 0. The van der Waals surface area contributed by atoms with E-state index in [9.17, 15) is 0 Å². The summed E-state index contributed by atoms with van der Waals surface area (Å²) in [4.78, 5) is 15.0. The SMILES string of the molecule is c1ccc(-c2nc(-c3ccccc3)nc(-c3cccc4oc5cc(-n6c7ccccc7c7cc8c(cc76)c6ccccc6n8-c6ccccc6)ccc5c34)n2)cc1. The zero-order chi connectivity index (χ0) is 37.5. The van der Waals surface area contributed by atoms with Gasteiger partial charge in [0.25, 0.3) is 0 Å². The highest BCUT2D eigenvalue weighted by atomic mass is 16.3. The van der Waals surface area contributed by atoms with Crippen molar-refractivity contribution in [2.75, 3.05) is 0 Å². The number of nitrogens with zero attached hydrogens (tertiary/aromatic N) is 5. The van der Waals surface area contributed by atoms with Gasteiger partial charge in [0.05, 0.1) is 22.1 Å². The third kappa shape index (κ3) is 4.87. The molecule has 0 N–H and O–H groups in total. The average molecular weight is 730 g/mol. The Labute approximate surface area is 326 Å². The summed E-state index contributed by atoms with van der Waals surface area (Å²) in [6.45, 7) is 0. The molecule has 0 saturated heterocycles. The van der Waals surface area contributed by atoms with Gasteiger partial charge in [0.1, 0.15) is 11.2 Å². The van der Waals surface area contributed by atoms with Crippen molar-refractivity contribution in [3.63, 3.8) is 0 Å². The summed E-state index contributed by atoms with van der Waals surface area (Å²) < 4.78 is 11.5. The van der Waals surface area contributed by atoms with E-state index in [0.717, 1.165) is 61.0 Å². The van der Waals surface area contributed by atoms with Crippen LogP contribution in [0, 0.1) is 0 Å². The van der Waals surface area contributed by atoms with E-state index in [2.05, 4.69) is 124 Å². The van der Waals surface area contributed by atoms with Gasteiger partial charge in [-0.1, -0.05) is 127 Å². The first-order valence-corrected chi connectivity index (χ1v) is 19.1. The van der Waals surface area contributed by atoms with Crippen molar-refractivity contribution in [3.8, 4) is 45.5 Å². The van der Waals surface area contributed by atoms with Crippen molar-refractivity contribution in [1.82, 2.24) is 24.1 Å². The molecule has 4 heterocycles. The van der Waals surface area contributed by atoms with E-state index >= 15 is 0 Å². The number of hydrogen-bond acceptors (Lipinski definition) is 4. The molecule has 8 aromatic carbocycles. The third-order valence-corrected chi connectivity index (χ3v) is 11.2. The predicted molar refractivity (Wildman–Crippen MR) is 232 cm³/mol. The topological polar surface area (TPSA) is 61.7 Å². The van der Waals surface area contributed by atoms with Crippen molar-refractivity contribution < 1.29 is 4.42 Å². The maximum Gasteiger partial charge on any atom is 0.164 e. The fourth-order valence-corrected chi connectivity index (χ4v) is 8.63. The van der Waals surface area contributed by atoms with Crippen LogP contribution in [0.15, 0.2) is 192 Å². The van der Waals surface area contributed by atoms with Gasteiger partial charge < -0.3 is 13.6 Å². The summed E-state index contributed by atoms with van der Waals surface area (Å²) in [6, 6.07) is 65.5. The van der Waals surface area contributed by atoms with Crippen LogP contribution in [0.5, 0.6) is 0 Å². The summed E-state index contributed by atoms with van der Waals surface area (Å²) in [7, 11) is 0. The van der Waals surface area contributed by atoms with E-state index < -0.39 is 0 Å². The van der Waals surface area contributed by atoms with Crippen LogP contribution in [0.2, 0.25) is 0 Å². The highest BCUT2D eigenvalue weighted by Crippen LogP contribution is 2.42. The van der Waals surface area contributed by atoms with Crippen molar-refractivity contribution >= 4 is 65.6 Å². The molecule has 6 nitrogen and oxygen atoms in total. The molecule has 12 rings (SSSR count). The molecule has 0 bridgehead atoms. The van der Waals surface area contributed by atoms with Crippen LogP contribution in [0.4, 0.5) is 0 Å². The molecule has 0 atom stereocenters. The lowest BCUT2D eigenvalue weighted by Crippen LogP contribution is -2.00. The van der Waals surface area contributed by atoms with E-state index in [-0.39, 0.29) is 0 Å². The Morgan fingerprint density at radius 1 is 0.333 bits per heavy atom. The number of para-hydroxylation sites is 3. The number of fused-ring (bicyclic) bond motifs is 9. The van der Waals surface area contributed by atoms with Gasteiger partial charge in [-0.25, -0.2) is 15.0 Å². The molecule has 0 unspecified atom stereocenters.